The average Bonchev–Trinajstić information content (AvgIpc) is 2.17. The van der Waals surface area contributed by atoms with Crippen LogP contribution in [-0.2, 0) is 0 Å². The predicted octanol–water partition coefficient (Wildman–Crippen LogP) is 3.69. The van der Waals surface area contributed by atoms with Crippen molar-refractivity contribution in [1.82, 2.24) is 5.32 Å². The van der Waals surface area contributed by atoms with Gasteiger partial charge in [0.1, 0.15) is 5.82 Å². The summed E-state index contributed by atoms with van der Waals surface area (Å²) in [6.07, 6.45) is 0. The highest BCUT2D eigenvalue weighted by molar-refractivity contribution is 9.10. The van der Waals surface area contributed by atoms with Crippen LogP contribution in [0, 0.1) is 5.82 Å². The Bertz CT molecular complexity index is 327. The molecule has 0 aliphatic heterocycles. The van der Waals surface area contributed by atoms with Gasteiger partial charge in [0, 0.05) is 10.5 Å². The van der Waals surface area contributed by atoms with E-state index in [4.69, 9.17) is 0 Å². The first kappa shape index (κ1) is 12.7. The number of halogens is 2. The van der Waals surface area contributed by atoms with Crippen molar-refractivity contribution in [1.29, 1.82) is 0 Å². The minimum absolute atomic E-state index is 0.200. The molecule has 2 unspecified atom stereocenters. The second kappa shape index (κ2) is 5.61. The average molecular weight is 274 g/mol. The Hall–Kier alpha value is -0.410. The lowest BCUT2D eigenvalue weighted by atomic mass is 9.94. The molecule has 1 aromatic rings. The Labute approximate surface area is 99.2 Å². The quantitative estimate of drug-likeness (QED) is 0.883. The molecule has 0 saturated heterocycles. The summed E-state index contributed by atoms with van der Waals surface area (Å²) in [5.74, 6) is 0.161. The van der Waals surface area contributed by atoms with Gasteiger partial charge in [-0.2, -0.15) is 0 Å². The monoisotopic (exact) mass is 273 g/mol. The summed E-state index contributed by atoms with van der Waals surface area (Å²) in [5.41, 5.74) is 1.14. The van der Waals surface area contributed by atoms with Crippen molar-refractivity contribution in [3.05, 3.63) is 34.1 Å². The van der Waals surface area contributed by atoms with E-state index in [1.807, 2.05) is 6.07 Å². The summed E-state index contributed by atoms with van der Waals surface area (Å²) >= 11 is 3.40. The zero-order valence-corrected chi connectivity index (χ0v) is 10.9. The molecule has 2 atom stereocenters. The second-order valence-electron chi connectivity index (χ2n) is 3.80. The van der Waals surface area contributed by atoms with E-state index in [-0.39, 0.29) is 5.82 Å². The van der Waals surface area contributed by atoms with Crippen molar-refractivity contribution in [3.8, 4) is 0 Å². The molecule has 0 heterocycles. The van der Waals surface area contributed by atoms with Gasteiger partial charge in [0.05, 0.1) is 0 Å². The number of likely N-dealkylation sites (N-methyl/N-ethyl adjacent to an activating group) is 1. The van der Waals surface area contributed by atoms with Crippen LogP contribution in [-0.4, -0.2) is 12.6 Å². The molecule has 1 nitrogen and oxygen atoms in total. The van der Waals surface area contributed by atoms with E-state index in [0.717, 1.165) is 16.6 Å². The van der Waals surface area contributed by atoms with Crippen molar-refractivity contribution in [2.24, 2.45) is 0 Å². The second-order valence-corrected chi connectivity index (χ2v) is 4.66. The summed E-state index contributed by atoms with van der Waals surface area (Å²) in [7, 11) is 0. The first-order chi connectivity index (χ1) is 7.06. The van der Waals surface area contributed by atoms with Crippen LogP contribution in [0.15, 0.2) is 22.7 Å². The third kappa shape index (κ3) is 3.28. The highest BCUT2D eigenvalue weighted by Crippen LogP contribution is 2.27. The normalized spacial score (nSPS) is 15.0. The zero-order chi connectivity index (χ0) is 11.4. The van der Waals surface area contributed by atoms with Gasteiger partial charge in [0.2, 0.25) is 0 Å². The van der Waals surface area contributed by atoms with Gasteiger partial charge in [-0.1, -0.05) is 35.8 Å². The fourth-order valence-electron chi connectivity index (χ4n) is 1.64. The van der Waals surface area contributed by atoms with Crippen LogP contribution >= 0.6 is 15.9 Å². The smallest absolute Gasteiger partial charge is 0.124 e. The minimum Gasteiger partial charge on any atom is -0.314 e. The van der Waals surface area contributed by atoms with Crippen molar-refractivity contribution < 1.29 is 4.39 Å². The van der Waals surface area contributed by atoms with Gasteiger partial charge >= 0.3 is 0 Å². The standard InChI is InChI=1S/C12H17BrFN/c1-4-15-9(3)8(2)11-6-5-10(14)7-12(11)13/h5-9,15H,4H2,1-3H3. The maximum Gasteiger partial charge on any atom is 0.124 e. The molecular weight excluding hydrogens is 257 g/mol. The highest BCUT2D eigenvalue weighted by Gasteiger charge is 2.15. The maximum atomic E-state index is 12.9. The van der Waals surface area contributed by atoms with E-state index in [0.29, 0.717) is 12.0 Å². The molecule has 0 amide bonds. The Morgan fingerprint density at radius 3 is 2.60 bits per heavy atom. The first-order valence-corrected chi connectivity index (χ1v) is 6.04. The maximum absolute atomic E-state index is 12.9. The predicted molar refractivity (Wildman–Crippen MR) is 65.7 cm³/mol. The van der Waals surface area contributed by atoms with Crippen LogP contribution in [0.2, 0.25) is 0 Å². The number of nitrogens with one attached hydrogen (secondary N) is 1. The van der Waals surface area contributed by atoms with E-state index < -0.39 is 0 Å². The van der Waals surface area contributed by atoms with Gasteiger partial charge in [-0.15, -0.1) is 0 Å². The number of benzene rings is 1. The summed E-state index contributed by atoms with van der Waals surface area (Å²) < 4.78 is 13.8. The van der Waals surface area contributed by atoms with Crippen LogP contribution in [0.25, 0.3) is 0 Å². The van der Waals surface area contributed by atoms with Gasteiger partial charge < -0.3 is 5.32 Å². The summed E-state index contributed by atoms with van der Waals surface area (Å²) in [4.78, 5) is 0. The van der Waals surface area contributed by atoms with E-state index in [1.165, 1.54) is 12.1 Å². The lowest BCUT2D eigenvalue weighted by Gasteiger charge is -2.22. The molecule has 0 aliphatic carbocycles. The van der Waals surface area contributed by atoms with Crippen molar-refractivity contribution >= 4 is 15.9 Å². The van der Waals surface area contributed by atoms with Crippen LogP contribution in [0.4, 0.5) is 4.39 Å². The van der Waals surface area contributed by atoms with E-state index in [2.05, 4.69) is 42.0 Å². The lowest BCUT2D eigenvalue weighted by Crippen LogP contribution is -2.30. The van der Waals surface area contributed by atoms with Crippen molar-refractivity contribution in [2.45, 2.75) is 32.7 Å². The number of rotatable bonds is 4. The van der Waals surface area contributed by atoms with Gasteiger partial charge in [-0.25, -0.2) is 4.39 Å². The Morgan fingerprint density at radius 2 is 2.07 bits per heavy atom. The molecule has 1 rings (SSSR count). The van der Waals surface area contributed by atoms with Crippen molar-refractivity contribution in [2.75, 3.05) is 6.54 Å². The molecular formula is C12H17BrFN. The largest absolute Gasteiger partial charge is 0.314 e. The van der Waals surface area contributed by atoms with E-state index >= 15 is 0 Å². The molecule has 0 radical (unpaired) electrons. The zero-order valence-electron chi connectivity index (χ0n) is 9.35. The highest BCUT2D eigenvalue weighted by atomic mass is 79.9. The molecule has 0 aromatic heterocycles. The van der Waals surface area contributed by atoms with Crippen LogP contribution in [0.5, 0.6) is 0 Å². The molecule has 0 aliphatic rings. The molecule has 0 fully saturated rings. The van der Waals surface area contributed by atoms with E-state index in [1.54, 1.807) is 0 Å². The van der Waals surface area contributed by atoms with Gasteiger partial charge in [0.15, 0.2) is 0 Å². The lowest BCUT2D eigenvalue weighted by molar-refractivity contribution is 0.493. The fourth-order valence-corrected chi connectivity index (χ4v) is 2.35. The number of hydrogen-bond acceptors (Lipinski definition) is 1. The topological polar surface area (TPSA) is 12.0 Å². The van der Waals surface area contributed by atoms with Crippen LogP contribution < -0.4 is 5.32 Å². The summed E-state index contributed by atoms with van der Waals surface area (Å²) in [6, 6.07) is 5.26. The Kier molecular flexibility index (Phi) is 4.74. The molecule has 0 saturated carbocycles. The third-order valence-corrected chi connectivity index (χ3v) is 3.42. The fraction of sp³-hybridized carbons (Fsp3) is 0.500. The first-order valence-electron chi connectivity index (χ1n) is 5.24. The van der Waals surface area contributed by atoms with Gasteiger partial charge in [0.25, 0.3) is 0 Å². The number of hydrogen-bond donors (Lipinski definition) is 1. The summed E-state index contributed by atoms with van der Waals surface area (Å²) in [5, 5.41) is 3.37. The van der Waals surface area contributed by atoms with Crippen molar-refractivity contribution in [3.63, 3.8) is 0 Å². The van der Waals surface area contributed by atoms with Crippen LogP contribution in [0.3, 0.4) is 0 Å². The van der Waals surface area contributed by atoms with Gasteiger partial charge in [-0.05, 0) is 37.1 Å². The Morgan fingerprint density at radius 1 is 1.40 bits per heavy atom. The third-order valence-electron chi connectivity index (χ3n) is 2.73. The molecule has 1 N–H and O–H groups in total. The molecule has 84 valence electrons. The van der Waals surface area contributed by atoms with E-state index in [9.17, 15) is 4.39 Å². The van der Waals surface area contributed by atoms with Gasteiger partial charge in [-0.3, -0.25) is 0 Å². The summed E-state index contributed by atoms with van der Waals surface area (Å²) in [6.45, 7) is 7.32. The molecule has 0 bridgehead atoms. The minimum atomic E-state index is -0.200. The van der Waals surface area contributed by atoms with Crippen LogP contribution in [0.1, 0.15) is 32.3 Å². The molecule has 15 heavy (non-hydrogen) atoms. The molecule has 1 aromatic carbocycles. The molecule has 3 heteroatoms. The Balaban J connectivity index is 2.86. The SMILES string of the molecule is CCNC(C)C(C)c1ccc(F)cc1Br. The molecule has 0 spiro atoms.